The molecule has 0 bridgehead atoms. The maximum absolute atomic E-state index is 5.66. The Bertz CT molecular complexity index is 115. The van der Waals surface area contributed by atoms with Crippen LogP contribution in [0.1, 0.15) is 38.5 Å². The van der Waals surface area contributed by atoms with Gasteiger partial charge in [0.25, 0.3) is 0 Å². The van der Waals surface area contributed by atoms with Crippen LogP contribution in [-0.2, 0) is 4.74 Å². The highest BCUT2D eigenvalue weighted by Gasteiger charge is 2.12. The van der Waals surface area contributed by atoms with Crippen molar-refractivity contribution in [2.24, 2.45) is 0 Å². The normalized spacial score (nSPS) is 22.4. The second-order valence-electron chi connectivity index (χ2n) is 3.56. The van der Waals surface area contributed by atoms with Gasteiger partial charge in [0.05, 0.1) is 0 Å². The summed E-state index contributed by atoms with van der Waals surface area (Å²) in [5, 5.41) is 4.47. The molecule has 0 saturated carbocycles. The first-order chi connectivity index (χ1) is 6.43. The second-order valence-corrected chi connectivity index (χ2v) is 4.35. The molecule has 0 aromatic carbocycles. The Labute approximate surface area is 89.5 Å². The summed E-state index contributed by atoms with van der Waals surface area (Å²) in [4.78, 5) is 0. The summed E-state index contributed by atoms with van der Waals surface area (Å²) >= 11 is 3.43. The van der Waals surface area contributed by atoms with Crippen LogP contribution in [0.3, 0.4) is 0 Å². The second kappa shape index (κ2) is 7.77. The van der Waals surface area contributed by atoms with Crippen molar-refractivity contribution >= 4 is 15.9 Å². The third kappa shape index (κ3) is 5.66. The van der Waals surface area contributed by atoms with Crippen molar-refractivity contribution in [3.63, 3.8) is 0 Å². The topological polar surface area (TPSA) is 21.3 Å². The molecule has 1 rings (SSSR count). The van der Waals surface area contributed by atoms with Crippen LogP contribution in [-0.4, -0.2) is 24.7 Å². The van der Waals surface area contributed by atoms with Crippen LogP contribution in [0.15, 0.2) is 0 Å². The average molecular weight is 250 g/mol. The van der Waals surface area contributed by atoms with Gasteiger partial charge in [0.2, 0.25) is 0 Å². The van der Waals surface area contributed by atoms with E-state index in [9.17, 15) is 0 Å². The van der Waals surface area contributed by atoms with Gasteiger partial charge in [0.1, 0.15) is 6.23 Å². The third-order valence-corrected chi connectivity index (χ3v) is 2.92. The molecule has 1 aliphatic rings. The number of halogens is 1. The zero-order valence-corrected chi connectivity index (χ0v) is 9.81. The summed E-state index contributed by atoms with van der Waals surface area (Å²) in [7, 11) is 0. The molecule has 0 aliphatic carbocycles. The van der Waals surface area contributed by atoms with Crippen molar-refractivity contribution in [1.82, 2.24) is 5.32 Å². The number of hydrogen-bond donors (Lipinski definition) is 1. The molecule has 1 aliphatic heterocycles. The minimum absolute atomic E-state index is 0.358. The Balaban J connectivity index is 1.78. The maximum Gasteiger partial charge on any atom is 0.108 e. The van der Waals surface area contributed by atoms with Gasteiger partial charge in [-0.05, 0) is 32.2 Å². The summed E-state index contributed by atoms with van der Waals surface area (Å²) in [6, 6.07) is 0. The molecule has 3 heteroatoms. The van der Waals surface area contributed by atoms with Gasteiger partial charge in [-0.1, -0.05) is 28.8 Å². The summed E-state index contributed by atoms with van der Waals surface area (Å²) in [5.41, 5.74) is 0. The number of alkyl halides is 1. The van der Waals surface area contributed by atoms with E-state index in [0.29, 0.717) is 6.23 Å². The lowest BCUT2D eigenvalue weighted by atomic mass is 10.2. The third-order valence-electron chi connectivity index (χ3n) is 2.36. The maximum atomic E-state index is 5.66. The molecule has 0 spiro atoms. The molecule has 1 heterocycles. The quantitative estimate of drug-likeness (QED) is 0.554. The van der Waals surface area contributed by atoms with Crippen LogP contribution in [0.4, 0.5) is 0 Å². The lowest BCUT2D eigenvalue weighted by Gasteiger charge is -2.11. The van der Waals surface area contributed by atoms with Crippen LogP contribution < -0.4 is 5.32 Å². The van der Waals surface area contributed by atoms with Crippen LogP contribution in [0.25, 0.3) is 0 Å². The lowest BCUT2D eigenvalue weighted by Crippen LogP contribution is -2.24. The molecule has 1 fully saturated rings. The number of rotatable bonds is 7. The fourth-order valence-corrected chi connectivity index (χ4v) is 1.97. The van der Waals surface area contributed by atoms with E-state index in [4.69, 9.17) is 4.74 Å². The summed E-state index contributed by atoms with van der Waals surface area (Å²) in [6.45, 7) is 2.06. The van der Waals surface area contributed by atoms with Gasteiger partial charge >= 0.3 is 0 Å². The largest absolute Gasteiger partial charge is 0.363 e. The monoisotopic (exact) mass is 249 g/mol. The standard InChI is InChI=1S/C10H20BrNO/c11-7-3-1-2-4-9-13-10-6-5-8-12-10/h10,12H,1-9H2. The molecule has 1 atom stereocenters. The van der Waals surface area contributed by atoms with Gasteiger partial charge in [0, 0.05) is 11.9 Å². The number of unbranched alkanes of at least 4 members (excludes halogenated alkanes) is 3. The van der Waals surface area contributed by atoms with Crippen molar-refractivity contribution in [2.45, 2.75) is 44.8 Å². The predicted octanol–water partition coefficient (Wildman–Crippen LogP) is 2.67. The van der Waals surface area contributed by atoms with Crippen molar-refractivity contribution in [1.29, 1.82) is 0 Å². The highest BCUT2D eigenvalue weighted by molar-refractivity contribution is 9.09. The van der Waals surface area contributed by atoms with Crippen LogP contribution in [0.5, 0.6) is 0 Å². The summed E-state index contributed by atoms with van der Waals surface area (Å²) in [6.07, 6.45) is 7.96. The zero-order valence-electron chi connectivity index (χ0n) is 8.23. The summed E-state index contributed by atoms with van der Waals surface area (Å²) < 4.78 is 5.66. The Kier molecular flexibility index (Phi) is 6.86. The molecular formula is C10H20BrNO. The first kappa shape index (κ1) is 11.5. The fraction of sp³-hybridized carbons (Fsp3) is 1.00. The van der Waals surface area contributed by atoms with Crippen molar-refractivity contribution in [3.8, 4) is 0 Å². The smallest absolute Gasteiger partial charge is 0.108 e. The van der Waals surface area contributed by atoms with Gasteiger partial charge in [-0.2, -0.15) is 0 Å². The summed E-state index contributed by atoms with van der Waals surface area (Å²) in [5.74, 6) is 0. The van der Waals surface area contributed by atoms with E-state index in [0.717, 1.165) is 18.5 Å². The number of ether oxygens (including phenoxy) is 1. The van der Waals surface area contributed by atoms with Gasteiger partial charge in [-0.25, -0.2) is 0 Å². The van der Waals surface area contributed by atoms with Crippen molar-refractivity contribution < 1.29 is 4.74 Å². The Morgan fingerprint density at radius 3 is 2.77 bits per heavy atom. The number of hydrogen-bond acceptors (Lipinski definition) is 2. The predicted molar refractivity (Wildman–Crippen MR) is 59.2 cm³/mol. The molecule has 1 unspecified atom stereocenters. The van der Waals surface area contributed by atoms with E-state index in [1.54, 1.807) is 0 Å². The highest BCUT2D eigenvalue weighted by atomic mass is 79.9. The minimum Gasteiger partial charge on any atom is -0.363 e. The van der Waals surface area contributed by atoms with Gasteiger partial charge in [0.15, 0.2) is 0 Å². The van der Waals surface area contributed by atoms with Crippen LogP contribution in [0, 0.1) is 0 Å². The minimum atomic E-state index is 0.358. The average Bonchev–Trinajstić information content (AvgIpc) is 2.63. The van der Waals surface area contributed by atoms with E-state index < -0.39 is 0 Å². The van der Waals surface area contributed by atoms with Gasteiger partial charge in [-0.15, -0.1) is 0 Å². The van der Waals surface area contributed by atoms with Gasteiger partial charge in [-0.3, -0.25) is 5.32 Å². The molecule has 0 amide bonds. The SMILES string of the molecule is BrCCCCCCOC1CCCN1. The Morgan fingerprint density at radius 2 is 2.08 bits per heavy atom. The molecule has 0 aromatic rings. The van der Waals surface area contributed by atoms with Gasteiger partial charge < -0.3 is 4.74 Å². The Hall–Kier alpha value is 0.400. The Morgan fingerprint density at radius 1 is 1.23 bits per heavy atom. The van der Waals surface area contributed by atoms with Crippen LogP contribution >= 0.6 is 15.9 Å². The molecule has 2 nitrogen and oxygen atoms in total. The first-order valence-corrected chi connectivity index (χ1v) is 6.46. The van der Waals surface area contributed by atoms with E-state index >= 15 is 0 Å². The van der Waals surface area contributed by atoms with Crippen molar-refractivity contribution in [2.75, 3.05) is 18.5 Å². The van der Waals surface area contributed by atoms with E-state index in [2.05, 4.69) is 21.2 Å². The zero-order chi connectivity index (χ0) is 9.36. The number of nitrogens with one attached hydrogen (secondary N) is 1. The van der Waals surface area contributed by atoms with E-state index in [1.807, 2.05) is 0 Å². The molecule has 13 heavy (non-hydrogen) atoms. The van der Waals surface area contributed by atoms with E-state index in [1.165, 1.54) is 38.5 Å². The first-order valence-electron chi connectivity index (χ1n) is 5.34. The highest BCUT2D eigenvalue weighted by Crippen LogP contribution is 2.08. The molecular weight excluding hydrogens is 230 g/mol. The molecule has 78 valence electrons. The fourth-order valence-electron chi connectivity index (χ4n) is 1.57. The molecule has 0 radical (unpaired) electrons. The lowest BCUT2D eigenvalue weighted by molar-refractivity contribution is 0.0411. The van der Waals surface area contributed by atoms with Crippen molar-refractivity contribution in [3.05, 3.63) is 0 Å². The molecule has 1 saturated heterocycles. The van der Waals surface area contributed by atoms with Crippen LogP contribution in [0.2, 0.25) is 0 Å². The molecule has 1 N–H and O–H groups in total. The molecule has 0 aromatic heterocycles. The van der Waals surface area contributed by atoms with E-state index in [-0.39, 0.29) is 0 Å².